The number of hydrogen-bond donors (Lipinski definition) is 4. The summed E-state index contributed by atoms with van der Waals surface area (Å²) >= 11 is 0. The maximum atomic E-state index is 12.4. The van der Waals surface area contributed by atoms with Gasteiger partial charge in [-0.2, -0.15) is 0 Å². The molecule has 0 aliphatic carbocycles. The van der Waals surface area contributed by atoms with Gasteiger partial charge in [-0.1, -0.05) is 0 Å². The number of rotatable bonds is 5. The molecule has 0 saturated carbocycles. The van der Waals surface area contributed by atoms with Crippen LogP contribution in [-0.2, 0) is 19.1 Å². The van der Waals surface area contributed by atoms with Gasteiger partial charge in [0.15, 0.2) is 0 Å². The Kier molecular flexibility index (Phi) is 5.96. The zero-order chi connectivity index (χ0) is 17.7. The lowest BCUT2D eigenvalue weighted by molar-refractivity contribution is -0.146. The number of ether oxygens (including phenoxy) is 1. The van der Waals surface area contributed by atoms with Gasteiger partial charge in [0.2, 0.25) is 11.8 Å². The molecule has 0 bridgehead atoms. The number of nitrogens with one attached hydrogen (secondary N) is 3. The third kappa shape index (κ3) is 4.34. The second kappa shape index (κ2) is 7.95. The van der Waals surface area contributed by atoms with Crippen molar-refractivity contribution in [3.05, 3.63) is 0 Å². The molecule has 1 unspecified atom stereocenters. The van der Waals surface area contributed by atoms with Gasteiger partial charge in [0.25, 0.3) is 0 Å². The van der Waals surface area contributed by atoms with Gasteiger partial charge in [0, 0.05) is 19.0 Å². The summed E-state index contributed by atoms with van der Waals surface area (Å²) in [7, 11) is 1.21. The van der Waals surface area contributed by atoms with E-state index in [0.717, 1.165) is 5.01 Å². The van der Waals surface area contributed by atoms with E-state index >= 15 is 0 Å². The van der Waals surface area contributed by atoms with Crippen molar-refractivity contribution in [2.45, 2.75) is 37.8 Å². The Morgan fingerprint density at radius 3 is 2.75 bits per heavy atom. The molecule has 2 aliphatic heterocycles. The van der Waals surface area contributed by atoms with E-state index in [1.807, 2.05) is 0 Å². The average Bonchev–Trinajstić information content (AvgIpc) is 2.98. The number of carbonyl (C=O) groups excluding carboxylic acids is 3. The minimum Gasteiger partial charge on any atom is -0.467 e. The first kappa shape index (κ1) is 18.0. The number of esters is 1. The van der Waals surface area contributed by atoms with E-state index in [1.54, 1.807) is 0 Å². The minimum absolute atomic E-state index is 0.147. The van der Waals surface area contributed by atoms with Crippen molar-refractivity contribution in [2.75, 3.05) is 20.2 Å². The van der Waals surface area contributed by atoms with Crippen LogP contribution in [0.3, 0.4) is 0 Å². The normalized spacial score (nSPS) is 24.9. The van der Waals surface area contributed by atoms with Crippen LogP contribution >= 0.6 is 0 Å². The van der Waals surface area contributed by atoms with Crippen LogP contribution in [0, 0.1) is 5.92 Å². The van der Waals surface area contributed by atoms with Gasteiger partial charge in [-0.05, 0) is 25.7 Å². The lowest BCUT2D eigenvalue weighted by Gasteiger charge is -2.32. The molecule has 0 aromatic heterocycles. The van der Waals surface area contributed by atoms with Gasteiger partial charge in [0.1, 0.15) is 12.1 Å². The van der Waals surface area contributed by atoms with Crippen LogP contribution in [0.5, 0.6) is 0 Å². The van der Waals surface area contributed by atoms with E-state index in [9.17, 15) is 19.2 Å². The number of hydrazine groups is 1. The topological polar surface area (TPSA) is 137 Å². The summed E-state index contributed by atoms with van der Waals surface area (Å²) < 4.78 is 4.70. The van der Waals surface area contributed by atoms with Crippen molar-refractivity contribution in [3.63, 3.8) is 0 Å². The summed E-state index contributed by atoms with van der Waals surface area (Å²) in [4.78, 5) is 46.9. The van der Waals surface area contributed by atoms with Crippen LogP contribution in [0.15, 0.2) is 0 Å². The molecule has 10 nitrogen and oxygen atoms in total. The van der Waals surface area contributed by atoms with E-state index in [4.69, 9.17) is 9.84 Å². The quantitative estimate of drug-likeness (QED) is 0.461. The van der Waals surface area contributed by atoms with Gasteiger partial charge in [-0.25, -0.2) is 20.0 Å². The van der Waals surface area contributed by atoms with E-state index < -0.39 is 30.1 Å². The van der Waals surface area contributed by atoms with Gasteiger partial charge >= 0.3 is 12.1 Å². The highest BCUT2D eigenvalue weighted by atomic mass is 16.5. The Bertz CT molecular complexity index is 525. The molecule has 0 spiro atoms. The zero-order valence-electron chi connectivity index (χ0n) is 13.4. The largest absolute Gasteiger partial charge is 0.467 e. The fourth-order valence-electron chi connectivity index (χ4n) is 2.89. The molecular weight excluding hydrogens is 320 g/mol. The monoisotopic (exact) mass is 342 g/mol. The van der Waals surface area contributed by atoms with Gasteiger partial charge in [-0.3, -0.25) is 9.59 Å². The maximum absolute atomic E-state index is 12.4. The first-order valence-corrected chi connectivity index (χ1v) is 7.85. The van der Waals surface area contributed by atoms with Crippen molar-refractivity contribution in [2.24, 2.45) is 5.92 Å². The highest BCUT2D eigenvalue weighted by Crippen LogP contribution is 2.17. The Morgan fingerprint density at radius 2 is 2.17 bits per heavy atom. The smallest absolute Gasteiger partial charge is 0.421 e. The number of carbonyl (C=O) groups is 4. The van der Waals surface area contributed by atoms with Crippen LogP contribution < -0.4 is 16.1 Å². The first-order chi connectivity index (χ1) is 11.4. The fraction of sp³-hybridized carbons (Fsp3) is 0.714. The second-order valence-corrected chi connectivity index (χ2v) is 5.85. The Hall–Kier alpha value is -2.36. The van der Waals surface area contributed by atoms with E-state index in [1.165, 1.54) is 7.11 Å². The molecule has 0 radical (unpaired) electrons. The third-order valence-corrected chi connectivity index (χ3v) is 4.22. The van der Waals surface area contributed by atoms with Gasteiger partial charge < -0.3 is 20.5 Å². The number of hydrogen-bond acceptors (Lipinski definition) is 6. The molecule has 4 N–H and O–H groups in total. The lowest BCUT2D eigenvalue weighted by atomic mass is 9.98. The van der Waals surface area contributed by atoms with Crippen LogP contribution in [-0.4, -0.2) is 66.3 Å². The summed E-state index contributed by atoms with van der Waals surface area (Å²) in [5, 5.41) is 15.2. The molecule has 2 heterocycles. The third-order valence-electron chi connectivity index (χ3n) is 4.22. The molecule has 2 aliphatic rings. The maximum Gasteiger partial charge on any atom is 0.421 e. The summed E-state index contributed by atoms with van der Waals surface area (Å²) in [6, 6.07) is -1.70. The standard InChI is InChI=1S/C14H22N4O6/c1-24-13(21)10(7-8-4-5-15-11(8)19)16-12(20)9-3-2-6-18(17-9)14(22)23/h8-10,17H,2-7H2,1H3,(H,15,19)(H,16,20)(H,22,23)/t8-,9?,10-/m0/s1. The molecule has 10 heteroatoms. The molecule has 0 aromatic carbocycles. The van der Waals surface area contributed by atoms with E-state index in [-0.39, 0.29) is 18.2 Å². The van der Waals surface area contributed by atoms with Crippen LogP contribution in [0.2, 0.25) is 0 Å². The lowest BCUT2D eigenvalue weighted by Crippen LogP contribution is -2.59. The summed E-state index contributed by atoms with van der Waals surface area (Å²) in [5.41, 5.74) is 2.61. The van der Waals surface area contributed by atoms with Crippen molar-refractivity contribution < 1.29 is 29.0 Å². The highest BCUT2D eigenvalue weighted by Gasteiger charge is 2.34. The molecular formula is C14H22N4O6. The number of nitrogens with zero attached hydrogens (tertiary/aromatic N) is 1. The van der Waals surface area contributed by atoms with Gasteiger partial charge in [-0.15, -0.1) is 0 Å². The summed E-state index contributed by atoms with van der Waals surface area (Å²) in [6.45, 7) is 0.838. The summed E-state index contributed by atoms with van der Waals surface area (Å²) in [5.74, 6) is -1.63. The van der Waals surface area contributed by atoms with Crippen LogP contribution in [0.1, 0.15) is 25.7 Å². The minimum atomic E-state index is -1.17. The van der Waals surface area contributed by atoms with Crippen molar-refractivity contribution >= 4 is 23.9 Å². The zero-order valence-corrected chi connectivity index (χ0v) is 13.4. The number of amides is 3. The Morgan fingerprint density at radius 1 is 1.42 bits per heavy atom. The molecule has 3 atom stereocenters. The molecule has 2 fully saturated rings. The highest BCUT2D eigenvalue weighted by molar-refractivity contribution is 5.88. The van der Waals surface area contributed by atoms with Crippen molar-refractivity contribution in [1.82, 2.24) is 21.1 Å². The van der Waals surface area contributed by atoms with Crippen LogP contribution in [0.4, 0.5) is 4.79 Å². The predicted octanol–water partition coefficient (Wildman–Crippen LogP) is -1.18. The Labute approximate surface area is 138 Å². The number of methoxy groups -OCH3 is 1. The van der Waals surface area contributed by atoms with Crippen molar-refractivity contribution in [3.8, 4) is 0 Å². The predicted molar refractivity (Wildman–Crippen MR) is 80.6 cm³/mol. The molecule has 2 saturated heterocycles. The summed E-state index contributed by atoms with van der Waals surface area (Å²) in [6.07, 6.45) is 0.564. The van der Waals surface area contributed by atoms with Crippen LogP contribution in [0.25, 0.3) is 0 Å². The molecule has 134 valence electrons. The Balaban J connectivity index is 1.97. The van der Waals surface area contributed by atoms with Crippen molar-refractivity contribution in [1.29, 1.82) is 0 Å². The number of carboxylic acid groups (broad SMARTS) is 1. The van der Waals surface area contributed by atoms with E-state index in [0.29, 0.717) is 32.4 Å². The molecule has 0 aromatic rings. The first-order valence-electron chi connectivity index (χ1n) is 7.85. The van der Waals surface area contributed by atoms with E-state index in [2.05, 4.69) is 16.1 Å². The van der Waals surface area contributed by atoms with Gasteiger partial charge in [0.05, 0.1) is 7.11 Å². The fourth-order valence-corrected chi connectivity index (χ4v) is 2.89. The second-order valence-electron chi connectivity index (χ2n) is 5.85. The molecule has 3 amide bonds. The SMILES string of the molecule is COC(=O)[C@H](C[C@@H]1CCNC1=O)NC(=O)C1CCCN(C(=O)O)N1. The molecule has 2 rings (SSSR count). The average molecular weight is 342 g/mol. The molecule has 24 heavy (non-hydrogen) atoms.